The molecular formula is C25H27N5O. The van der Waals surface area contributed by atoms with Gasteiger partial charge >= 0.3 is 0 Å². The monoisotopic (exact) mass is 413 g/mol. The molecule has 6 heteroatoms. The second-order valence-corrected chi connectivity index (χ2v) is 8.07. The number of benzene rings is 2. The fraction of sp³-hybridized carbons (Fsp3) is 0.240. The van der Waals surface area contributed by atoms with Crippen LogP contribution < -0.4 is 10.2 Å². The Morgan fingerprint density at radius 1 is 1.06 bits per heavy atom. The highest BCUT2D eigenvalue weighted by Crippen LogP contribution is 2.27. The van der Waals surface area contributed by atoms with Gasteiger partial charge in [-0.1, -0.05) is 24.3 Å². The number of carbonyl (C=O) groups is 1. The summed E-state index contributed by atoms with van der Waals surface area (Å²) in [4.78, 5) is 24.1. The van der Waals surface area contributed by atoms with Gasteiger partial charge in [0.15, 0.2) is 5.65 Å². The van der Waals surface area contributed by atoms with Gasteiger partial charge in [-0.3, -0.25) is 4.79 Å². The van der Waals surface area contributed by atoms with Gasteiger partial charge in [-0.05, 0) is 55.8 Å². The third-order valence-corrected chi connectivity index (χ3v) is 5.25. The van der Waals surface area contributed by atoms with Crippen molar-refractivity contribution >= 4 is 22.8 Å². The quantitative estimate of drug-likeness (QED) is 0.499. The van der Waals surface area contributed by atoms with Crippen molar-refractivity contribution in [3.63, 3.8) is 0 Å². The molecule has 0 aliphatic carbocycles. The van der Waals surface area contributed by atoms with E-state index in [1.807, 2.05) is 79.7 Å². The molecule has 0 saturated carbocycles. The lowest BCUT2D eigenvalue weighted by atomic mass is 10.1. The van der Waals surface area contributed by atoms with Crippen molar-refractivity contribution in [2.45, 2.75) is 26.4 Å². The van der Waals surface area contributed by atoms with Gasteiger partial charge in [-0.25, -0.2) is 9.97 Å². The average molecular weight is 414 g/mol. The largest absolute Gasteiger partial charge is 0.378 e. The Hall–Kier alpha value is -3.67. The molecule has 4 rings (SSSR count). The molecule has 6 nitrogen and oxygen atoms in total. The molecule has 0 radical (unpaired) electrons. The van der Waals surface area contributed by atoms with Crippen LogP contribution in [0.3, 0.4) is 0 Å². The number of imidazole rings is 1. The van der Waals surface area contributed by atoms with Gasteiger partial charge in [-0.15, -0.1) is 0 Å². The van der Waals surface area contributed by atoms with E-state index in [4.69, 9.17) is 4.98 Å². The molecule has 0 aliphatic heterocycles. The smallest absolute Gasteiger partial charge is 0.251 e. The molecule has 158 valence electrons. The molecule has 2 aromatic carbocycles. The third kappa shape index (κ3) is 4.28. The number of fused-ring (bicyclic) bond motifs is 1. The number of aromatic nitrogens is 3. The van der Waals surface area contributed by atoms with Crippen LogP contribution in [0.1, 0.15) is 35.8 Å². The normalized spacial score (nSPS) is 11.1. The van der Waals surface area contributed by atoms with E-state index in [0.717, 1.165) is 33.8 Å². The zero-order chi connectivity index (χ0) is 22.0. The summed E-state index contributed by atoms with van der Waals surface area (Å²) in [6.45, 7) is 4.69. The number of anilines is 1. The molecule has 0 atom stereocenters. The molecule has 0 fully saturated rings. The van der Waals surface area contributed by atoms with Crippen LogP contribution in [-0.4, -0.2) is 34.5 Å². The van der Waals surface area contributed by atoms with Gasteiger partial charge < -0.3 is 14.8 Å². The lowest BCUT2D eigenvalue weighted by Gasteiger charge is -2.14. The first-order chi connectivity index (χ1) is 14.9. The summed E-state index contributed by atoms with van der Waals surface area (Å²) < 4.78 is 2.11. The minimum atomic E-state index is -0.108. The maximum Gasteiger partial charge on any atom is 0.251 e. The maximum atomic E-state index is 12.8. The minimum Gasteiger partial charge on any atom is -0.378 e. The van der Waals surface area contributed by atoms with Crippen molar-refractivity contribution in [2.75, 3.05) is 19.0 Å². The molecular weight excluding hydrogens is 386 g/mol. The molecule has 2 heterocycles. The molecule has 0 bridgehead atoms. The second-order valence-electron chi connectivity index (χ2n) is 8.07. The first-order valence-corrected chi connectivity index (χ1v) is 10.4. The Kier molecular flexibility index (Phi) is 5.71. The van der Waals surface area contributed by atoms with Gasteiger partial charge in [-0.2, -0.15) is 0 Å². The molecule has 0 spiro atoms. The van der Waals surface area contributed by atoms with Gasteiger partial charge in [0.1, 0.15) is 11.3 Å². The molecule has 1 amide bonds. The number of rotatable bonds is 6. The van der Waals surface area contributed by atoms with E-state index >= 15 is 0 Å². The summed E-state index contributed by atoms with van der Waals surface area (Å²) in [5, 5.41) is 3.01. The minimum absolute atomic E-state index is 0.108. The van der Waals surface area contributed by atoms with E-state index in [9.17, 15) is 4.79 Å². The number of carbonyl (C=O) groups excluding carboxylic acids is 1. The Bertz CT molecular complexity index is 1210. The zero-order valence-corrected chi connectivity index (χ0v) is 18.3. The lowest BCUT2D eigenvalue weighted by molar-refractivity contribution is 0.0951. The van der Waals surface area contributed by atoms with E-state index in [1.165, 1.54) is 0 Å². The Labute approximate surface area is 182 Å². The summed E-state index contributed by atoms with van der Waals surface area (Å²) in [7, 11) is 4.01. The van der Waals surface area contributed by atoms with E-state index < -0.39 is 0 Å². The van der Waals surface area contributed by atoms with Crippen LogP contribution in [0.15, 0.2) is 66.9 Å². The number of nitrogens with one attached hydrogen (secondary N) is 1. The second kappa shape index (κ2) is 8.60. The van der Waals surface area contributed by atoms with Crippen LogP contribution in [0.25, 0.3) is 22.6 Å². The molecule has 0 unspecified atom stereocenters. The predicted octanol–water partition coefficient (Wildman–Crippen LogP) is 4.68. The fourth-order valence-electron chi connectivity index (χ4n) is 3.62. The molecule has 31 heavy (non-hydrogen) atoms. The summed E-state index contributed by atoms with van der Waals surface area (Å²) >= 11 is 0. The standard InChI is InChI=1S/C25H27N5O/c1-17(2)30-23(28-22-9-6-14-26-24(22)30)19-7-5-8-20(15-19)25(31)27-16-18-10-12-21(13-11-18)29(3)4/h5-15,17H,16H2,1-4H3,(H,27,31). The number of amides is 1. The van der Waals surface area contributed by atoms with Crippen molar-refractivity contribution in [1.82, 2.24) is 19.9 Å². The Morgan fingerprint density at radius 3 is 2.55 bits per heavy atom. The number of hydrogen-bond acceptors (Lipinski definition) is 4. The molecule has 0 saturated heterocycles. The highest BCUT2D eigenvalue weighted by Gasteiger charge is 2.17. The lowest BCUT2D eigenvalue weighted by Crippen LogP contribution is -2.22. The van der Waals surface area contributed by atoms with Gasteiger partial charge in [0.25, 0.3) is 5.91 Å². The summed E-state index contributed by atoms with van der Waals surface area (Å²) in [6, 6.07) is 19.8. The molecule has 4 aromatic rings. The number of nitrogens with zero attached hydrogens (tertiary/aromatic N) is 4. The highest BCUT2D eigenvalue weighted by molar-refractivity contribution is 5.95. The van der Waals surface area contributed by atoms with Crippen LogP contribution >= 0.6 is 0 Å². The van der Waals surface area contributed by atoms with Crippen molar-refractivity contribution in [3.8, 4) is 11.4 Å². The van der Waals surface area contributed by atoms with Gasteiger partial charge in [0.2, 0.25) is 0 Å². The van der Waals surface area contributed by atoms with Crippen molar-refractivity contribution in [1.29, 1.82) is 0 Å². The topological polar surface area (TPSA) is 63.1 Å². The first kappa shape index (κ1) is 20.6. The number of hydrogen-bond donors (Lipinski definition) is 1. The summed E-state index contributed by atoms with van der Waals surface area (Å²) in [6.07, 6.45) is 1.78. The average Bonchev–Trinajstić information content (AvgIpc) is 3.18. The van der Waals surface area contributed by atoms with E-state index in [2.05, 4.69) is 28.7 Å². The Morgan fingerprint density at radius 2 is 1.84 bits per heavy atom. The van der Waals surface area contributed by atoms with E-state index in [-0.39, 0.29) is 11.9 Å². The predicted molar refractivity (Wildman–Crippen MR) is 125 cm³/mol. The zero-order valence-electron chi connectivity index (χ0n) is 18.3. The number of pyridine rings is 1. The summed E-state index contributed by atoms with van der Waals surface area (Å²) in [5.74, 6) is 0.710. The van der Waals surface area contributed by atoms with Crippen molar-refractivity contribution in [3.05, 3.63) is 78.0 Å². The van der Waals surface area contributed by atoms with Crippen LogP contribution in [0.2, 0.25) is 0 Å². The molecule has 2 aromatic heterocycles. The van der Waals surface area contributed by atoms with Crippen molar-refractivity contribution < 1.29 is 4.79 Å². The van der Waals surface area contributed by atoms with Crippen LogP contribution in [0.5, 0.6) is 0 Å². The van der Waals surface area contributed by atoms with Gasteiger partial charge in [0.05, 0.1) is 0 Å². The van der Waals surface area contributed by atoms with E-state index in [1.54, 1.807) is 6.20 Å². The van der Waals surface area contributed by atoms with Gasteiger partial charge in [0, 0.05) is 49.7 Å². The van der Waals surface area contributed by atoms with Crippen LogP contribution in [0, 0.1) is 0 Å². The third-order valence-electron chi connectivity index (χ3n) is 5.25. The van der Waals surface area contributed by atoms with Crippen LogP contribution in [0.4, 0.5) is 5.69 Å². The summed E-state index contributed by atoms with van der Waals surface area (Å²) in [5.41, 5.74) is 5.39. The Balaban J connectivity index is 1.56. The van der Waals surface area contributed by atoms with Crippen LogP contribution in [-0.2, 0) is 6.54 Å². The fourth-order valence-corrected chi connectivity index (χ4v) is 3.62. The SMILES string of the molecule is CC(C)n1c(-c2cccc(C(=O)NCc3ccc(N(C)C)cc3)c2)nc2cccnc21. The van der Waals surface area contributed by atoms with Crippen molar-refractivity contribution in [2.24, 2.45) is 0 Å². The molecule has 0 aliphatic rings. The highest BCUT2D eigenvalue weighted by atomic mass is 16.1. The van der Waals surface area contributed by atoms with E-state index in [0.29, 0.717) is 12.1 Å². The molecule has 1 N–H and O–H groups in total. The first-order valence-electron chi connectivity index (χ1n) is 10.4. The maximum absolute atomic E-state index is 12.8.